The molecule has 0 spiro atoms. The number of carbonyl (C=O) groups excluding carboxylic acids is 2. The van der Waals surface area contributed by atoms with Gasteiger partial charge in [-0.2, -0.15) is 0 Å². The number of hydrogen-bond acceptors (Lipinski definition) is 6. The summed E-state index contributed by atoms with van der Waals surface area (Å²) in [5.41, 5.74) is 1.37. The summed E-state index contributed by atoms with van der Waals surface area (Å²) in [5.74, 6) is -0.188. The fraction of sp³-hybridized carbons (Fsp3) is 0.613. The quantitative estimate of drug-likeness (QED) is 0.123. The van der Waals surface area contributed by atoms with E-state index in [4.69, 9.17) is 13.9 Å². The summed E-state index contributed by atoms with van der Waals surface area (Å²) >= 11 is 0. The lowest BCUT2D eigenvalue weighted by Gasteiger charge is -2.38. The van der Waals surface area contributed by atoms with Gasteiger partial charge < -0.3 is 24.3 Å². The van der Waals surface area contributed by atoms with Crippen LogP contribution >= 0.6 is 0 Å². The van der Waals surface area contributed by atoms with Gasteiger partial charge in [0.25, 0.3) is 8.32 Å². The Morgan fingerprint density at radius 1 is 1.23 bits per heavy atom. The maximum absolute atomic E-state index is 13.7. The zero-order chi connectivity index (χ0) is 28.6. The first kappa shape index (κ1) is 31.1. The molecule has 8 heteroatoms. The largest absolute Gasteiger partial charge is 0.543 e. The van der Waals surface area contributed by atoms with Crippen LogP contribution < -0.4 is 9.74 Å². The molecule has 1 unspecified atom stereocenters. The molecule has 1 amide bonds. The maximum atomic E-state index is 13.7. The van der Waals surface area contributed by atoms with Crippen LogP contribution in [0.1, 0.15) is 88.6 Å². The van der Waals surface area contributed by atoms with Gasteiger partial charge in [0.1, 0.15) is 23.6 Å². The van der Waals surface area contributed by atoms with Crippen molar-refractivity contribution >= 4 is 20.2 Å². The van der Waals surface area contributed by atoms with Crippen LogP contribution in [0.4, 0.5) is 0 Å². The van der Waals surface area contributed by atoms with Crippen LogP contribution in [0.5, 0.6) is 5.75 Å². The molecule has 1 aromatic carbocycles. The minimum absolute atomic E-state index is 0.00483. The van der Waals surface area contributed by atoms with Gasteiger partial charge in [-0.1, -0.05) is 58.1 Å². The predicted octanol–water partition coefficient (Wildman–Crippen LogP) is 6.22. The molecular weight excluding hydrogens is 510 g/mol. The second kappa shape index (κ2) is 13.8. The Kier molecular flexibility index (Phi) is 11.0. The van der Waals surface area contributed by atoms with Gasteiger partial charge in [-0.05, 0) is 74.7 Å². The number of fused-ring (bicyclic) bond motifs is 3. The number of benzene rings is 1. The molecule has 4 atom stereocenters. The van der Waals surface area contributed by atoms with Crippen molar-refractivity contribution < 1.29 is 28.6 Å². The molecule has 7 nitrogen and oxygen atoms in total. The van der Waals surface area contributed by atoms with Gasteiger partial charge in [-0.3, -0.25) is 4.79 Å². The highest BCUT2D eigenvalue weighted by Gasteiger charge is 2.40. The number of amides is 1. The van der Waals surface area contributed by atoms with E-state index >= 15 is 0 Å². The highest BCUT2D eigenvalue weighted by atomic mass is 28.4. The minimum Gasteiger partial charge on any atom is -0.543 e. The van der Waals surface area contributed by atoms with Crippen LogP contribution in [0.3, 0.4) is 0 Å². The zero-order valence-electron chi connectivity index (χ0n) is 24.5. The van der Waals surface area contributed by atoms with E-state index in [1.807, 2.05) is 31.2 Å². The molecule has 2 bridgehead atoms. The van der Waals surface area contributed by atoms with E-state index in [0.717, 1.165) is 31.2 Å². The van der Waals surface area contributed by atoms with E-state index in [-0.39, 0.29) is 29.6 Å². The molecule has 3 rings (SSSR count). The summed E-state index contributed by atoms with van der Waals surface area (Å²) in [6.07, 6.45) is 11.0. The molecule has 1 fully saturated rings. The number of ether oxygens (including phenoxy) is 2. The smallest absolute Gasteiger partial charge is 0.342 e. The SMILES string of the molecule is CC/C=C\C=C/C(=O)NC(O)CC[C@H]1C[C@H]2CCC[C@H](Cc3cccc(O[Si](C)(C)C(C)(C)C)c3C(=O)O1)O2. The summed E-state index contributed by atoms with van der Waals surface area (Å²) in [7, 11) is -2.21. The van der Waals surface area contributed by atoms with Crippen molar-refractivity contribution in [2.45, 2.75) is 122 Å². The fourth-order valence-corrected chi connectivity index (χ4v) is 5.78. The van der Waals surface area contributed by atoms with E-state index in [0.29, 0.717) is 30.6 Å². The van der Waals surface area contributed by atoms with Gasteiger partial charge >= 0.3 is 5.97 Å². The van der Waals surface area contributed by atoms with Gasteiger partial charge in [0.05, 0.1) is 12.2 Å². The fourth-order valence-electron chi connectivity index (χ4n) is 4.76. The molecule has 0 radical (unpaired) electrons. The first-order valence-electron chi connectivity index (χ1n) is 14.4. The first-order chi connectivity index (χ1) is 18.4. The lowest BCUT2D eigenvalue weighted by atomic mass is 9.92. The Labute approximate surface area is 235 Å². The van der Waals surface area contributed by atoms with Crippen molar-refractivity contribution in [3.63, 3.8) is 0 Å². The Morgan fingerprint density at radius 2 is 1.97 bits per heavy atom. The lowest BCUT2D eigenvalue weighted by Crippen LogP contribution is -2.44. The number of cyclic esters (lactones) is 1. The number of esters is 1. The normalized spacial score (nSPS) is 23.3. The zero-order valence-corrected chi connectivity index (χ0v) is 25.5. The first-order valence-corrected chi connectivity index (χ1v) is 17.3. The second-order valence-electron chi connectivity index (χ2n) is 12.2. The molecule has 2 aliphatic rings. The minimum atomic E-state index is -2.21. The third-order valence-electron chi connectivity index (χ3n) is 7.97. The summed E-state index contributed by atoms with van der Waals surface area (Å²) in [6, 6.07) is 5.79. The summed E-state index contributed by atoms with van der Waals surface area (Å²) in [6.45, 7) is 12.9. The van der Waals surface area contributed by atoms with Crippen molar-refractivity contribution in [2.24, 2.45) is 0 Å². The number of aliphatic hydroxyl groups is 1. The third-order valence-corrected chi connectivity index (χ3v) is 12.3. The van der Waals surface area contributed by atoms with Crippen molar-refractivity contribution in [1.82, 2.24) is 5.32 Å². The van der Waals surface area contributed by atoms with Crippen molar-refractivity contribution in [3.05, 3.63) is 53.6 Å². The van der Waals surface area contributed by atoms with Gasteiger partial charge in [-0.25, -0.2) is 4.79 Å². The lowest BCUT2D eigenvalue weighted by molar-refractivity contribution is -0.119. The molecule has 216 valence electrons. The predicted molar refractivity (Wildman–Crippen MR) is 156 cm³/mol. The number of carbonyl (C=O) groups is 2. The average Bonchev–Trinajstić information content (AvgIpc) is 2.84. The molecule has 0 aromatic heterocycles. The number of allylic oxidation sites excluding steroid dienone is 3. The highest BCUT2D eigenvalue weighted by Crippen LogP contribution is 2.40. The Morgan fingerprint density at radius 3 is 2.69 bits per heavy atom. The van der Waals surface area contributed by atoms with E-state index in [9.17, 15) is 14.7 Å². The van der Waals surface area contributed by atoms with E-state index < -0.39 is 26.6 Å². The molecular formula is C31H47NO6Si. The number of rotatable bonds is 9. The monoisotopic (exact) mass is 557 g/mol. The summed E-state index contributed by atoms with van der Waals surface area (Å²) < 4.78 is 19.2. The standard InChI is InChI=1S/C31H47NO6Si/c1-7-8-9-10-17-27(33)32-28(34)19-18-25-21-24-15-12-14-23(36-24)20-22-13-11-16-26(29(22)30(35)37-25)38-39(5,6)31(2,3)4/h8-11,13,16-17,23-25,28,34H,7,12,14-15,18-21H2,1-6H3,(H,32,33)/b9-8-,17-10-/t23-,24-,25+,28?/m1/s1. The van der Waals surface area contributed by atoms with Crippen molar-refractivity contribution in [2.75, 3.05) is 0 Å². The van der Waals surface area contributed by atoms with Crippen LogP contribution in [0.25, 0.3) is 0 Å². The topological polar surface area (TPSA) is 94.1 Å². The molecule has 0 saturated carbocycles. The van der Waals surface area contributed by atoms with Gasteiger partial charge in [0, 0.05) is 12.5 Å². The van der Waals surface area contributed by atoms with E-state index in [2.05, 4.69) is 39.2 Å². The number of nitrogens with one attached hydrogen (secondary N) is 1. The highest BCUT2D eigenvalue weighted by molar-refractivity contribution is 6.74. The molecule has 1 aromatic rings. The third kappa shape index (κ3) is 9.05. The molecule has 2 N–H and O–H groups in total. The summed E-state index contributed by atoms with van der Waals surface area (Å²) in [5, 5.41) is 13.0. The number of aliphatic hydroxyl groups excluding tert-OH is 1. The van der Waals surface area contributed by atoms with Crippen LogP contribution in [-0.4, -0.2) is 49.8 Å². The molecule has 2 aliphatic heterocycles. The van der Waals surface area contributed by atoms with Gasteiger partial charge in [0.2, 0.25) is 5.91 Å². The summed E-state index contributed by atoms with van der Waals surface area (Å²) in [4.78, 5) is 25.8. The Balaban J connectivity index is 1.79. The van der Waals surface area contributed by atoms with Crippen LogP contribution in [0.2, 0.25) is 18.1 Å². The van der Waals surface area contributed by atoms with E-state index in [1.165, 1.54) is 6.08 Å². The second-order valence-corrected chi connectivity index (χ2v) is 17.0. The molecule has 0 aliphatic carbocycles. The van der Waals surface area contributed by atoms with Crippen LogP contribution in [0, 0.1) is 0 Å². The van der Waals surface area contributed by atoms with Crippen LogP contribution in [0.15, 0.2) is 42.5 Å². The van der Waals surface area contributed by atoms with Crippen LogP contribution in [-0.2, 0) is 20.7 Å². The Hall–Kier alpha value is -2.42. The average molecular weight is 558 g/mol. The van der Waals surface area contributed by atoms with Crippen molar-refractivity contribution in [3.8, 4) is 5.75 Å². The number of hydrogen-bond donors (Lipinski definition) is 2. The van der Waals surface area contributed by atoms with E-state index in [1.54, 1.807) is 12.2 Å². The molecule has 2 heterocycles. The molecule has 1 saturated heterocycles. The molecule has 39 heavy (non-hydrogen) atoms. The van der Waals surface area contributed by atoms with Crippen molar-refractivity contribution in [1.29, 1.82) is 0 Å². The van der Waals surface area contributed by atoms with Gasteiger partial charge in [0.15, 0.2) is 0 Å². The van der Waals surface area contributed by atoms with Gasteiger partial charge in [-0.15, -0.1) is 0 Å². The Bertz CT molecular complexity index is 1040. The maximum Gasteiger partial charge on any atom is 0.342 e.